The van der Waals surface area contributed by atoms with Crippen LogP contribution in [0, 0.1) is 5.82 Å². The first-order chi connectivity index (χ1) is 7.58. The van der Waals surface area contributed by atoms with Crippen LogP contribution in [0.5, 0.6) is 0 Å². The Morgan fingerprint density at radius 3 is 2.50 bits per heavy atom. The first kappa shape index (κ1) is 11.0. The number of aliphatic hydroxyl groups excluding tert-OH is 2. The summed E-state index contributed by atoms with van der Waals surface area (Å²) in [6.07, 6.45) is -1.95. The highest BCUT2D eigenvalue weighted by atomic mass is 19.1. The number of aliphatic hydroxyl groups is 2. The highest BCUT2D eigenvalue weighted by Gasteiger charge is 2.33. The lowest BCUT2D eigenvalue weighted by Gasteiger charge is -2.13. The molecule has 3 atom stereocenters. The van der Waals surface area contributed by atoms with E-state index in [1.807, 2.05) is 0 Å². The van der Waals surface area contributed by atoms with E-state index in [2.05, 4.69) is 4.99 Å². The molecule has 0 saturated heterocycles. The van der Waals surface area contributed by atoms with E-state index in [4.69, 9.17) is 4.74 Å². The molecule has 1 aromatic carbocycles. The molecule has 86 valence electrons. The monoisotopic (exact) mass is 225 g/mol. The van der Waals surface area contributed by atoms with Gasteiger partial charge in [-0.05, 0) is 31.2 Å². The van der Waals surface area contributed by atoms with Gasteiger partial charge in [0.2, 0.25) is 12.2 Å². The predicted octanol–water partition coefficient (Wildman–Crippen LogP) is 0.670. The maximum Gasteiger partial charge on any atom is 0.224 e. The van der Waals surface area contributed by atoms with E-state index in [0.29, 0.717) is 5.56 Å². The fraction of sp³-hybridized carbons (Fsp3) is 0.364. The SMILES string of the molecule is CC(O)C1N=C(c2ccc(F)cc2)OC1O. The van der Waals surface area contributed by atoms with Gasteiger partial charge in [0.05, 0.1) is 6.10 Å². The van der Waals surface area contributed by atoms with Gasteiger partial charge in [0.1, 0.15) is 11.9 Å². The van der Waals surface area contributed by atoms with E-state index in [9.17, 15) is 14.6 Å². The van der Waals surface area contributed by atoms with Gasteiger partial charge in [-0.25, -0.2) is 9.38 Å². The van der Waals surface area contributed by atoms with Crippen LogP contribution in [0.4, 0.5) is 4.39 Å². The lowest BCUT2D eigenvalue weighted by molar-refractivity contribution is -0.0522. The molecule has 5 heteroatoms. The summed E-state index contributed by atoms with van der Waals surface area (Å²) in [5.41, 5.74) is 0.573. The molecule has 1 aliphatic rings. The van der Waals surface area contributed by atoms with Crippen LogP contribution in [0.2, 0.25) is 0 Å². The van der Waals surface area contributed by atoms with Crippen molar-refractivity contribution < 1.29 is 19.3 Å². The molecular formula is C11H12FNO3. The van der Waals surface area contributed by atoms with Crippen LogP contribution in [-0.4, -0.2) is 34.5 Å². The Kier molecular flexibility index (Phi) is 2.89. The van der Waals surface area contributed by atoms with Crippen LogP contribution >= 0.6 is 0 Å². The fourth-order valence-electron chi connectivity index (χ4n) is 1.49. The molecule has 0 amide bonds. The summed E-state index contributed by atoms with van der Waals surface area (Å²) in [5, 5.41) is 18.8. The van der Waals surface area contributed by atoms with Crippen LogP contribution in [0.1, 0.15) is 12.5 Å². The Morgan fingerprint density at radius 1 is 1.38 bits per heavy atom. The summed E-state index contributed by atoms with van der Waals surface area (Å²) in [5.74, 6) is -0.131. The first-order valence-corrected chi connectivity index (χ1v) is 4.94. The normalized spacial score (nSPS) is 26.1. The standard InChI is InChI=1S/C11H12FNO3/c1-6(14)9-11(15)16-10(13-9)7-2-4-8(12)5-3-7/h2-6,9,11,14-15H,1H3. The zero-order valence-corrected chi connectivity index (χ0v) is 8.67. The topological polar surface area (TPSA) is 62.1 Å². The van der Waals surface area contributed by atoms with Crippen molar-refractivity contribution in [3.8, 4) is 0 Å². The van der Waals surface area contributed by atoms with Crippen molar-refractivity contribution in [2.45, 2.75) is 25.4 Å². The number of hydrogen-bond acceptors (Lipinski definition) is 4. The number of hydrogen-bond donors (Lipinski definition) is 2. The average Bonchev–Trinajstić information content (AvgIpc) is 2.61. The van der Waals surface area contributed by atoms with Crippen molar-refractivity contribution in [3.63, 3.8) is 0 Å². The number of ether oxygens (including phenoxy) is 1. The lowest BCUT2D eigenvalue weighted by Crippen LogP contribution is -2.31. The van der Waals surface area contributed by atoms with Gasteiger partial charge in [0.25, 0.3) is 0 Å². The molecule has 0 radical (unpaired) electrons. The summed E-state index contributed by atoms with van der Waals surface area (Å²) in [6, 6.07) is 4.88. The molecule has 16 heavy (non-hydrogen) atoms. The Morgan fingerprint density at radius 2 is 2.00 bits per heavy atom. The molecule has 0 bridgehead atoms. The van der Waals surface area contributed by atoms with E-state index in [1.165, 1.54) is 31.2 Å². The van der Waals surface area contributed by atoms with Crippen molar-refractivity contribution in [1.29, 1.82) is 0 Å². The van der Waals surface area contributed by atoms with Gasteiger partial charge < -0.3 is 14.9 Å². The van der Waals surface area contributed by atoms with Gasteiger partial charge in [-0.2, -0.15) is 0 Å². The second kappa shape index (κ2) is 4.19. The first-order valence-electron chi connectivity index (χ1n) is 4.94. The molecule has 0 saturated carbocycles. The second-order valence-electron chi connectivity index (χ2n) is 3.68. The minimum absolute atomic E-state index is 0.221. The van der Waals surface area contributed by atoms with Crippen LogP contribution < -0.4 is 0 Å². The Bertz CT molecular complexity index is 402. The molecule has 1 aliphatic heterocycles. The molecule has 1 heterocycles. The Labute approximate surface area is 92.0 Å². The molecule has 0 spiro atoms. The summed E-state index contributed by atoms with van der Waals surface area (Å²) in [4.78, 5) is 4.04. The minimum Gasteiger partial charge on any atom is -0.445 e. The van der Waals surface area contributed by atoms with Crippen LogP contribution in [-0.2, 0) is 4.74 Å². The third-order valence-corrected chi connectivity index (χ3v) is 2.38. The summed E-state index contributed by atoms with van der Waals surface area (Å²) in [7, 11) is 0. The summed E-state index contributed by atoms with van der Waals surface area (Å²) < 4.78 is 17.8. The number of halogens is 1. The van der Waals surface area contributed by atoms with Gasteiger partial charge in [-0.15, -0.1) is 0 Å². The molecule has 2 rings (SSSR count). The molecule has 3 unspecified atom stereocenters. The minimum atomic E-state index is -1.15. The smallest absolute Gasteiger partial charge is 0.224 e. The fourth-order valence-corrected chi connectivity index (χ4v) is 1.49. The third-order valence-electron chi connectivity index (χ3n) is 2.38. The Hall–Kier alpha value is -1.46. The highest BCUT2D eigenvalue weighted by Crippen LogP contribution is 2.19. The maximum absolute atomic E-state index is 12.7. The zero-order valence-electron chi connectivity index (χ0n) is 8.67. The van der Waals surface area contributed by atoms with Crippen LogP contribution in [0.3, 0.4) is 0 Å². The van der Waals surface area contributed by atoms with Gasteiger partial charge in [-0.1, -0.05) is 0 Å². The number of benzene rings is 1. The van der Waals surface area contributed by atoms with Crippen molar-refractivity contribution in [1.82, 2.24) is 0 Å². The molecular weight excluding hydrogens is 213 g/mol. The molecule has 0 aliphatic carbocycles. The molecule has 2 N–H and O–H groups in total. The van der Waals surface area contributed by atoms with Crippen LogP contribution in [0.15, 0.2) is 29.3 Å². The van der Waals surface area contributed by atoms with E-state index in [-0.39, 0.29) is 11.7 Å². The average molecular weight is 225 g/mol. The third kappa shape index (κ3) is 2.05. The van der Waals surface area contributed by atoms with E-state index < -0.39 is 18.4 Å². The molecule has 4 nitrogen and oxygen atoms in total. The zero-order chi connectivity index (χ0) is 11.7. The van der Waals surface area contributed by atoms with Crippen molar-refractivity contribution in [2.24, 2.45) is 4.99 Å². The summed E-state index contributed by atoms with van der Waals surface area (Å²) >= 11 is 0. The maximum atomic E-state index is 12.7. The summed E-state index contributed by atoms with van der Waals surface area (Å²) in [6.45, 7) is 1.52. The van der Waals surface area contributed by atoms with E-state index in [0.717, 1.165) is 0 Å². The van der Waals surface area contributed by atoms with E-state index >= 15 is 0 Å². The Balaban J connectivity index is 2.23. The van der Waals surface area contributed by atoms with Crippen LogP contribution in [0.25, 0.3) is 0 Å². The van der Waals surface area contributed by atoms with Crippen molar-refractivity contribution in [2.75, 3.05) is 0 Å². The van der Waals surface area contributed by atoms with Crippen molar-refractivity contribution >= 4 is 5.90 Å². The largest absolute Gasteiger partial charge is 0.445 e. The highest BCUT2D eigenvalue weighted by molar-refractivity contribution is 5.95. The van der Waals surface area contributed by atoms with Crippen molar-refractivity contribution in [3.05, 3.63) is 35.6 Å². The number of nitrogens with zero attached hydrogens (tertiary/aromatic N) is 1. The second-order valence-corrected chi connectivity index (χ2v) is 3.68. The number of rotatable bonds is 2. The van der Waals surface area contributed by atoms with E-state index in [1.54, 1.807) is 0 Å². The number of aliphatic imine (C=N–C) groups is 1. The van der Waals surface area contributed by atoms with Gasteiger partial charge in [-0.3, -0.25) is 0 Å². The molecule has 1 aromatic rings. The van der Waals surface area contributed by atoms with Gasteiger partial charge in [0, 0.05) is 5.56 Å². The molecule has 0 fully saturated rings. The van der Waals surface area contributed by atoms with Gasteiger partial charge in [0.15, 0.2) is 0 Å². The predicted molar refractivity (Wildman–Crippen MR) is 55.5 cm³/mol. The quantitative estimate of drug-likeness (QED) is 0.777. The van der Waals surface area contributed by atoms with Gasteiger partial charge >= 0.3 is 0 Å². The molecule has 0 aromatic heterocycles. The lowest BCUT2D eigenvalue weighted by atomic mass is 10.2.